The third kappa shape index (κ3) is 33.3. The van der Waals surface area contributed by atoms with E-state index in [1.165, 1.54) is 38.5 Å². The first-order valence-electron chi connectivity index (χ1n) is 24.5. The molecule has 1 unspecified atom stereocenters. The Balaban J connectivity index is 2.65. The van der Waals surface area contributed by atoms with Gasteiger partial charge in [-0.2, -0.15) is 0 Å². The van der Waals surface area contributed by atoms with Gasteiger partial charge < -0.3 is 33.5 Å². The highest BCUT2D eigenvalue weighted by Gasteiger charge is 2.25. The van der Waals surface area contributed by atoms with Crippen LogP contribution in [0.25, 0.3) is 0 Å². The summed E-state index contributed by atoms with van der Waals surface area (Å²) in [5.41, 5.74) is 0. The summed E-state index contributed by atoms with van der Waals surface area (Å²) >= 11 is 0. The number of esters is 4. The van der Waals surface area contributed by atoms with Gasteiger partial charge in [0.15, 0.2) is 0 Å². The molecule has 0 spiro atoms. The zero-order valence-electron chi connectivity index (χ0n) is 38.8. The molecule has 13 nitrogen and oxygen atoms in total. The number of hydrogen-bond acceptors (Lipinski definition) is 13. The lowest BCUT2D eigenvalue weighted by molar-refractivity contribution is -0.152. The van der Waals surface area contributed by atoms with Crippen LogP contribution in [0, 0.1) is 11.8 Å². The maximum absolute atomic E-state index is 12.9. The molecule has 0 aromatic carbocycles. The van der Waals surface area contributed by atoms with Crippen LogP contribution in [-0.2, 0) is 47.6 Å². The minimum Gasteiger partial charge on any atom is -0.465 e. The smallest absolute Gasteiger partial charge is 0.465 e. The minimum absolute atomic E-state index is 0.0310. The maximum Gasteiger partial charge on any atom is 0.508 e. The molecule has 1 atom stereocenters. The van der Waals surface area contributed by atoms with E-state index >= 15 is 0 Å². The number of carbonyl (C=O) groups is 5. The Morgan fingerprint density at radius 1 is 0.475 bits per heavy atom. The second-order valence-electron chi connectivity index (χ2n) is 17.0. The molecule has 1 aliphatic rings. The van der Waals surface area contributed by atoms with E-state index in [0.717, 1.165) is 103 Å². The molecule has 0 saturated heterocycles. The number of carbonyl (C=O) groups excluding carboxylic acids is 5. The summed E-state index contributed by atoms with van der Waals surface area (Å²) in [5.74, 6) is -2.22. The van der Waals surface area contributed by atoms with E-state index in [1.54, 1.807) is 0 Å². The van der Waals surface area contributed by atoms with Crippen molar-refractivity contribution in [3.8, 4) is 0 Å². The zero-order chi connectivity index (χ0) is 44.6. The molecule has 1 rings (SSSR count). The first kappa shape index (κ1) is 56.1. The second-order valence-corrected chi connectivity index (χ2v) is 17.0. The SMILES string of the molecule is CCCCCCCCCCCC(=O)OCC(COC(=O)CCCC(COC(=O)CCCCCCC)COC(=O)CCCCCCC)COC(=O)OCCN(CCO)C1CCC1. The van der Waals surface area contributed by atoms with Crippen LogP contribution < -0.4 is 0 Å². The van der Waals surface area contributed by atoms with E-state index in [0.29, 0.717) is 51.2 Å². The number of hydrogen-bond donors (Lipinski definition) is 1. The van der Waals surface area contributed by atoms with Gasteiger partial charge in [0.1, 0.15) is 26.4 Å². The van der Waals surface area contributed by atoms with E-state index in [2.05, 4.69) is 25.7 Å². The predicted octanol–water partition coefficient (Wildman–Crippen LogP) is 10.2. The van der Waals surface area contributed by atoms with Gasteiger partial charge in [-0.25, -0.2) is 4.79 Å². The third-order valence-electron chi connectivity index (χ3n) is 11.4. The van der Waals surface area contributed by atoms with Crippen molar-refractivity contribution in [3.05, 3.63) is 0 Å². The number of aliphatic hydroxyl groups is 1. The van der Waals surface area contributed by atoms with Gasteiger partial charge in [0.05, 0.1) is 25.7 Å². The molecule has 0 aliphatic heterocycles. The van der Waals surface area contributed by atoms with Crippen molar-refractivity contribution >= 4 is 30.0 Å². The average Bonchev–Trinajstić information content (AvgIpc) is 3.22. The fraction of sp³-hybridized carbons (Fsp3) is 0.896. The highest BCUT2D eigenvalue weighted by molar-refractivity contribution is 5.70. The Kier molecular flexibility index (Phi) is 36.7. The van der Waals surface area contributed by atoms with Crippen LogP contribution in [0.2, 0.25) is 0 Å². The van der Waals surface area contributed by atoms with Crippen molar-refractivity contribution in [2.75, 3.05) is 59.3 Å². The maximum atomic E-state index is 12.9. The number of nitrogens with zero attached hydrogens (tertiary/aromatic N) is 1. The van der Waals surface area contributed by atoms with E-state index in [9.17, 15) is 29.1 Å². The standard InChI is InChI=1S/C48H87NO12/c1-4-7-10-13-14-15-16-19-22-30-46(53)59-38-42(40-61-48(55)56-35-33-49(32-34-50)43-26-24-27-43)39-60-47(54)31-23-25-41(36-57-44(51)28-20-17-11-8-5-2)37-58-45(52)29-21-18-12-9-6-3/h41-43,50H,4-40H2,1-3H3. The van der Waals surface area contributed by atoms with Crippen molar-refractivity contribution < 1.29 is 57.5 Å². The first-order valence-corrected chi connectivity index (χ1v) is 24.5. The number of rotatable bonds is 42. The van der Waals surface area contributed by atoms with Gasteiger partial charge in [-0.05, 0) is 44.9 Å². The molecule has 1 aliphatic carbocycles. The normalized spacial score (nSPS) is 13.1. The summed E-state index contributed by atoms with van der Waals surface area (Å²) < 4.78 is 32.9. The van der Waals surface area contributed by atoms with Crippen molar-refractivity contribution in [2.24, 2.45) is 11.8 Å². The van der Waals surface area contributed by atoms with Crippen LogP contribution in [0.15, 0.2) is 0 Å². The highest BCUT2D eigenvalue weighted by Crippen LogP contribution is 2.24. The molecular weight excluding hydrogens is 783 g/mol. The van der Waals surface area contributed by atoms with Gasteiger partial charge >= 0.3 is 30.0 Å². The van der Waals surface area contributed by atoms with Crippen LogP contribution in [0.3, 0.4) is 0 Å². The van der Waals surface area contributed by atoms with Crippen molar-refractivity contribution in [2.45, 2.75) is 207 Å². The Bertz CT molecular complexity index is 1090. The summed E-state index contributed by atoms with van der Waals surface area (Å²) in [4.78, 5) is 65.0. The molecule has 0 amide bonds. The minimum atomic E-state index is -0.865. The summed E-state index contributed by atoms with van der Waals surface area (Å²) in [6, 6.07) is 0.391. The fourth-order valence-corrected chi connectivity index (χ4v) is 7.18. The molecule has 0 radical (unpaired) electrons. The summed E-state index contributed by atoms with van der Waals surface area (Å²) in [7, 11) is 0. The van der Waals surface area contributed by atoms with Crippen LogP contribution >= 0.6 is 0 Å². The molecule has 356 valence electrons. The number of ether oxygens (including phenoxy) is 6. The molecule has 0 heterocycles. The lowest BCUT2D eigenvalue weighted by atomic mass is 9.91. The molecule has 1 fully saturated rings. The van der Waals surface area contributed by atoms with Gasteiger partial charge in [0.2, 0.25) is 0 Å². The fourth-order valence-electron chi connectivity index (χ4n) is 7.18. The molecule has 1 N–H and O–H groups in total. The molecule has 61 heavy (non-hydrogen) atoms. The average molecular weight is 870 g/mol. The Morgan fingerprint density at radius 2 is 0.852 bits per heavy atom. The molecule has 0 bridgehead atoms. The highest BCUT2D eigenvalue weighted by atomic mass is 16.7. The van der Waals surface area contributed by atoms with Crippen molar-refractivity contribution in [3.63, 3.8) is 0 Å². The monoisotopic (exact) mass is 870 g/mol. The van der Waals surface area contributed by atoms with Gasteiger partial charge in [0.25, 0.3) is 0 Å². The van der Waals surface area contributed by atoms with Crippen molar-refractivity contribution in [1.82, 2.24) is 4.90 Å². The molecule has 0 aromatic rings. The van der Waals surface area contributed by atoms with Crippen LogP contribution in [0.4, 0.5) is 4.79 Å². The van der Waals surface area contributed by atoms with Gasteiger partial charge in [-0.15, -0.1) is 0 Å². The Morgan fingerprint density at radius 3 is 1.25 bits per heavy atom. The van der Waals surface area contributed by atoms with Gasteiger partial charge in [0, 0.05) is 50.7 Å². The third-order valence-corrected chi connectivity index (χ3v) is 11.4. The lowest BCUT2D eigenvalue weighted by Crippen LogP contribution is -2.43. The number of unbranched alkanes of at least 4 members (excludes halogenated alkanes) is 16. The first-order chi connectivity index (χ1) is 29.7. The van der Waals surface area contributed by atoms with Gasteiger partial charge in [-0.1, -0.05) is 130 Å². The summed E-state index contributed by atoms with van der Waals surface area (Å²) in [5, 5.41) is 9.41. The van der Waals surface area contributed by atoms with E-state index in [1.807, 2.05) is 0 Å². The quantitative estimate of drug-likeness (QED) is 0.0350. The van der Waals surface area contributed by atoms with Crippen LogP contribution in [-0.4, -0.2) is 105 Å². The Labute approximate surface area is 369 Å². The van der Waals surface area contributed by atoms with Gasteiger partial charge in [-0.3, -0.25) is 24.1 Å². The van der Waals surface area contributed by atoms with Crippen LogP contribution in [0.1, 0.15) is 201 Å². The topological polar surface area (TPSA) is 164 Å². The van der Waals surface area contributed by atoms with Crippen LogP contribution in [0.5, 0.6) is 0 Å². The second kappa shape index (κ2) is 39.9. The molecule has 1 saturated carbocycles. The van der Waals surface area contributed by atoms with E-state index in [-0.39, 0.29) is 76.5 Å². The van der Waals surface area contributed by atoms with E-state index in [4.69, 9.17) is 28.4 Å². The predicted molar refractivity (Wildman–Crippen MR) is 237 cm³/mol. The Hall–Kier alpha value is -2.93. The summed E-state index contributed by atoms with van der Waals surface area (Å²) in [6.07, 6.45) is 24.8. The largest absolute Gasteiger partial charge is 0.508 e. The molecular formula is C48H87NO12. The number of aliphatic hydroxyl groups excluding tert-OH is 1. The molecule has 13 heteroatoms. The van der Waals surface area contributed by atoms with Crippen molar-refractivity contribution in [1.29, 1.82) is 0 Å². The lowest BCUT2D eigenvalue weighted by Gasteiger charge is -2.36. The zero-order valence-corrected chi connectivity index (χ0v) is 38.8. The summed E-state index contributed by atoms with van der Waals surface area (Å²) in [6.45, 7) is 7.47. The van der Waals surface area contributed by atoms with E-state index < -0.39 is 18.0 Å². The molecule has 0 aromatic heterocycles.